The van der Waals surface area contributed by atoms with Crippen molar-refractivity contribution in [2.24, 2.45) is 0 Å². The lowest BCUT2D eigenvalue weighted by Gasteiger charge is -2.30. The molecule has 0 aromatic heterocycles. The van der Waals surface area contributed by atoms with Crippen LogP contribution in [0.1, 0.15) is 35.9 Å². The van der Waals surface area contributed by atoms with Crippen molar-refractivity contribution in [3.8, 4) is 11.5 Å². The second-order valence-corrected chi connectivity index (χ2v) is 8.15. The molecule has 5 rings (SSSR count). The van der Waals surface area contributed by atoms with Crippen LogP contribution in [0.25, 0.3) is 0 Å². The van der Waals surface area contributed by atoms with Crippen LogP contribution in [-0.4, -0.2) is 18.0 Å². The van der Waals surface area contributed by atoms with Crippen molar-refractivity contribution in [3.05, 3.63) is 94.9 Å². The van der Waals surface area contributed by atoms with E-state index in [4.69, 9.17) is 4.74 Å². The Kier molecular flexibility index (Phi) is 5.05. The summed E-state index contributed by atoms with van der Waals surface area (Å²) < 4.78 is 18.7. The summed E-state index contributed by atoms with van der Waals surface area (Å²) in [5.41, 5.74) is 5.06. The number of hydrogen-bond acceptors (Lipinski definition) is 5. The molecule has 0 radical (unpaired) electrons. The number of rotatable bonds is 3. The Morgan fingerprint density at radius 3 is 2.44 bits per heavy atom. The second-order valence-electron chi connectivity index (χ2n) is 8.15. The number of carbonyl (C=O) groups is 1. The number of halogens is 1. The zero-order chi connectivity index (χ0) is 22.2. The fraction of sp³-hybridized carbons (Fsp3) is 0.192. The van der Waals surface area contributed by atoms with Crippen LogP contribution in [0.3, 0.4) is 0 Å². The highest BCUT2D eigenvalue weighted by Gasteiger charge is 2.36. The lowest BCUT2D eigenvalue weighted by molar-refractivity contribution is -0.116. The third kappa shape index (κ3) is 3.58. The third-order valence-electron chi connectivity index (χ3n) is 6.19. The Labute approximate surface area is 185 Å². The van der Waals surface area contributed by atoms with Gasteiger partial charge in [0, 0.05) is 17.7 Å². The van der Waals surface area contributed by atoms with Gasteiger partial charge in [0.15, 0.2) is 17.3 Å². The number of hydrogen-bond donors (Lipinski definition) is 3. The van der Waals surface area contributed by atoms with E-state index in [-0.39, 0.29) is 23.3 Å². The lowest BCUT2D eigenvalue weighted by Crippen LogP contribution is -2.26. The van der Waals surface area contributed by atoms with Crippen molar-refractivity contribution in [1.82, 2.24) is 0 Å². The number of ether oxygens (including phenoxy) is 1. The highest BCUT2D eigenvalue weighted by Crippen LogP contribution is 2.45. The number of ketones is 1. The molecule has 0 saturated carbocycles. The zero-order valence-electron chi connectivity index (χ0n) is 17.6. The first kappa shape index (κ1) is 20.1. The molecule has 0 spiro atoms. The van der Waals surface area contributed by atoms with Crippen LogP contribution in [0.15, 0.2) is 78.0 Å². The monoisotopic (exact) mass is 430 g/mol. The average molecular weight is 430 g/mol. The van der Waals surface area contributed by atoms with E-state index in [0.717, 1.165) is 28.2 Å². The first-order valence-electron chi connectivity index (χ1n) is 10.5. The van der Waals surface area contributed by atoms with Crippen LogP contribution >= 0.6 is 0 Å². The Bertz CT molecular complexity index is 1220. The zero-order valence-corrected chi connectivity index (χ0v) is 17.6. The lowest BCUT2D eigenvalue weighted by atomic mass is 9.78. The molecule has 1 aliphatic carbocycles. The average Bonchev–Trinajstić information content (AvgIpc) is 2.97. The third-order valence-corrected chi connectivity index (χ3v) is 6.19. The van der Waals surface area contributed by atoms with E-state index in [1.165, 1.54) is 19.2 Å². The van der Waals surface area contributed by atoms with Crippen LogP contribution in [0.5, 0.6) is 11.5 Å². The maximum atomic E-state index is 13.5. The molecule has 0 unspecified atom stereocenters. The number of carbonyl (C=O) groups excluding carboxylic acids is 1. The second kappa shape index (κ2) is 8.04. The van der Waals surface area contributed by atoms with Gasteiger partial charge in [-0.3, -0.25) is 4.79 Å². The van der Waals surface area contributed by atoms with Crippen molar-refractivity contribution in [2.45, 2.75) is 24.8 Å². The number of anilines is 2. The SMILES string of the molecule is COc1cc([C@@H]2Nc3ccccc3NC3=C2C(=O)C[C@H](c2ccc(F)cc2)C3)ccc1O. The molecule has 2 atom stereocenters. The highest BCUT2D eigenvalue weighted by molar-refractivity contribution is 6.01. The van der Waals surface area contributed by atoms with Gasteiger partial charge in [0.2, 0.25) is 0 Å². The van der Waals surface area contributed by atoms with Gasteiger partial charge in [0.1, 0.15) is 5.82 Å². The van der Waals surface area contributed by atoms with Gasteiger partial charge in [-0.1, -0.05) is 30.3 Å². The summed E-state index contributed by atoms with van der Waals surface area (Å²) in [7, 11) is 1.50. The number of fused-ring (bicyclic) bond motifs is 1. The Hall–Kier alpha value is -3.80. The predicted octanol–water partition coefficient (Wildman–Crippen LogP) is 5.52. The summed E-state index contributed by atoms with van der Waals surface area (Å²) in [6.45, 7) is 0. The molecule has 1 heterocycles. The fourth-order valence-electron chi connectivity index (χ4n) is 4.59. The van der Waals surface area contributed by atoms with E-state index < -0.39 is 6.04 Å². The van der Waals surface area contributed by atoms with Gasteiger partial charge in [-0.15, -0.1) is 0 Å². The quantitative estimate of drug-likeness (QED) is 0.510. The van der Waals surface area contributed by atoms with E-state index in [0.29, 0.717) is 24.2 Å². The van der Waals surface area contributed by atoms with E-state index in [1.807, 2.05) is 24.3 Å². The van der Waals surface area contributed by atoms with Gasteiger partial charge >= 0.3 is 0 Å². The number of aromatic hydroxyl groups is 1. The Balaban J connectivity index is 1.61. The molecule has 0 amide bonds. The minimum absolute atomic E-state index is 0.0328. The van der Waals surface area contributed by atoms with Gasteiger partial charge < -0.3 is 20.5 Å². The van der Waals surface area contributed by atoms with Gasteiger partial charge in [-0.2, -0.15) is 0 Å². The van der Waals surface area contributed by atoms with Gasteiger partial charge in [-0.05, 0) is 59.9 Å². The first-order chi connectivity index (χ1) is 15.5. The maximum absolute atomic E-state index is 13.5. The summed E-state index contributed by atoms with van der Waals surface area (Å²) in [5, 5.41) is 17.0. The van der Waals surface area contributed by atoms with Crippen LogP contribution in [-0.2, 0) is 4.79 Å². The highest BCUT2D eigenvalue weighted by atomic mass is 19.1. The van der Waals surface area contributed by atoms with Crippen molar-refractivity contribution >= 4 is 17.2 Å². The number of Topliss-reactive ketones (excluding diaryl/α,β-unsaturated/α-hetero) is 1. The number of benzene rings is 3. The molecule has 0 bridgehead atoms. The molecule has 162 valence electrons. The first-order valence-corrected chi connectivity index (χ1v) is 10.5. The van der Waals surface area contributed by atoms with Crippen LogP contribution in [0.2, 0.25) is 0 Å². The van der Waals surface area contributed by atoms with Crippen molar-refractivity contribution in [2.75, 3.05) is 17.7 Å². The molecule has 3 aromatic carbocycles. The number of phenolic OH excluding ortho intramolecular Hbond substituents is 1. The van der Waals surface area contributed by atoms with Crippen LogP contribution in [0, 0.1) is 5.82 Å². The van der Waals surface area contributed by atoms with E-state index >= 15 is 0 Å². The van der Waals surface area contributed by atoms with E-state index in [1.54, 1.807) is 30.3 Å². The smallest absolute Gasteiger partial charge is 0.163 e. The van der Waals surface area contributed by atoms with Crippen LogP contribution in [0.4, 0.5) is 15.8 Å². The Morgan fingerprint density at radius 1 is 0.969 bits per heavy atom. The molecular formula is C26H23FN2O3. The summed E-state index contributed by atoms with van der Waals surface area (Å²) in [6, 6.07) is 18.9. The largest absolute Gasteiger partial charge is 0.504 e. The number of allylic oxidation sites excluding steroid dienone is 1. The molecule has 3 aromatic rings. The molecule has 6 heteroatoms. The molecule has 0 saturated heterocycles. The topological polar surface area (TPSA) is 70.6 Å². The van der Waals surface area contributed by atoms with Crippen molar-refractivity contribution < 1.29 is 19.0 Å². The molecule has 3 N–H and O–H groups in total. The predicted molar refractivity (Wildman–Crippen MR) is 121 cm³/mol. The molecule has 1 aliphatic heterocycles. The standard InChI is InChI=1S/C26H23FN2O3/c1-32-24-14-16(8-11-22(24)30)26-25-21(28-19-4-2-3-5-20(19)29-26)12-17(13-23(25)31)15-6-9-18(27)10-7-15/h2-11,14,17,26,28-30H,12-13H2,1H3/t17-,26+/m1/s1. The summed E-state index contributed by atoms with van der Waals surface area (Å²) >= 11 is 0. The molecule has 0 fully saturated rings. The molecular weight excluding hydrogens is 407 g/mol. The minimum Gasteiger partial charge on any atom is -0.504 e. The van der Waals surface area contributed by atoms with Crippen molar-refractivity contribution in [3.63, 3.8) is 0 Å². The maximum Gasteiger partial charge on any atom is 0.163 e. The molecule has 2 aliphatic rings. The van der Waals surface area contributed by atoms with Gasteiger partial charge in [-0.25, -0.2) is 4.39 Å². The molecule has 5 nitrogen and oxygen atoms in total. The van der Waals surface area contributed by atoms with Crippen molar-refractivity contribution in [1.29, 1.82) is 0 Å². The minimum atomic E-state index is -0.405. The van der Waals surface area contributed by atoms with Crippen LogP contribution < -0.4 is 15.4 Å². The Morgan fingerprint density at radius 2 is 1.69 bits per heavy atom. The normalized spacial score (nSPS) is 19.9. The van der Waals surface area contributed by atoms with Gasteiger partial charge in [0.05, 0.1) is 24.5 Å². The number of para-hydroxylation sites is 2. The van der Waals surface area contributed by atoms with E-state index in [9.17, 15) is 14.3 Å². The number of methoxy groups -OCH3 is 1. The van der Waals surface area contributed by atoms with Gasteiger partial charge in [0.25, 0.3) is 0 Å². The number of nitrogens with one attached hydrogen (secondary N) is 2. The summed E-state index contributed by atoms with van der Waals surface area (Å²) in [4.78, 5) is 13.5. The van der Waals surface area contributed by atoms with E-state index in [2.05, 4.69) is 10.6 Å². The number of phenols is 1. The molecule has 32 heavy (non-hydrogen) atoms. The fourth-order valence-corrected chi connectivity index (χ4v) is 4.59. The summed E-state index contributed by atoms with van der Waals surface area (Å²) in [6.07, 6.45) is 0.977. The summed E-state index contributed by atoms with van der Waals surface area (Å²) in [5.74, 6) is 0.108.